The van der Waals surface area contributed by atoms with E-state index in [1.54, 1.807) is 13.0 Å². The van der Waals surface area contributed by atoms with Crippen LogP contribution in [-0.2, 0) is 4.74 Å². The SMILES string of the molecule is Cc1cc(C(=O)O)c(Br)cc1NC(=O)OCC1c2ccccc2-c2ccccc21. The van der Waals surface area contributed by atoms with Gasteiger partial charge in [-0.2, -0.15) is 0 Å². The van der Waals surface area contributed by atoms with E-state index in [-0.39, 0.29) is 18.1 Å². The van der Waals surface area contributed by atoms with Crippen molar-refractivity contribution in [1.82, 2.24) is 0 Å². The van der Waals surface area contributed by atoms with E-state index in [4.69, 9.17) is 4.74 Å². The third-order valence-electron chi connectivity index (χ3n) is 5.12. The lowest BCUT2D eigenvalue weighted by atomic mass is 9.98. The number of rotatable bonds is 4. The van der Waals surface area contributed by atoms with Crippen molar-refractivity contribution in [3.63, 3.8) is 0 Å². The van der Waals surface area contributed by atoms with E-state index in [1.807, 2.05) is 24.3 Å². The van der Waals surface area contributed by atoms with Crippen molar-refractivity contribution in [2.24, 2.45) is 0 Å². The molecule has 0 unspecified atom stereocenters. The van der Waals surface area contributed by atoms with Crippen molar-refractivity contribution in [3.05, 3.63) is 87.4 Å². The molecule has 2 N–H and O–H groups in total. The molecule has 3 aromatic carbocycles. The Morgan fingerprint density at radius 3 is 2.21 bits per heavy atom. The van der Waals surface area contributed by atoms with E-state index in [1.165, 1.54) is 17.2 Å². The Bertz CT molecular complexity index is 1080. The summed E-state index contributed by atoms with van der Waals surface area (Å²) in [6.07, 6.45) is -0.579. The Morgan fingerprint density at radius 1 is 1.03 bits per heavy atom. The molecule has 0 aromatic heterocycles. The minimum atomic E-state index is -1.03. The number of nitrogens with one attached hydrogen (secondary N) is 1. The summed E-state index contributed by atoms with van der Waals surface area (Å²) in [5, 5.41) is 11.9. The minimum Gasteiger partial charge on any atom is -0.478 e. The number of anilines is 1. The van der Waals surface area contributed by atoms with Gasteiger partial charge in [0, 0.05) is 16.1 Å². The monoisotopic (exact) mass is 451 g/mol. The summed E-state index contributed by atoms with van der Waals surface area (Å²) in [5.41, 5.74) is 5.90. The summed E-state index contributed by atoms with van der Waals surface area (Å²) >= 11 is 3.23. The van der Waals surface area contributed by atoms with Crippen LogP contribution in [0.25, 0.3) is 11.1 Å². The number of ether oxygens (including phenoxy) is 1. The van der Waals surface area contributed by atoms with Crippen LogP contribution in [0.5, 0.6) is 0 Å². The average molecular weight is 452 g/mol. The third kappa shape index (κ3) is 3.63. The number of carbonyl (C=O) groups excluding carboxylic acids is 1. The van der Waals surface area contributed by atoms with Gasteiger partial charge in [0.15, 0.2) is 0 Å². The molecule has 1 amide bonds. The van der Waals surface area contributed by atoms with Crippen molar-refractivity contribution >= 4 is 33.7 Å². The molecular weight excluding hydrogens is 434 g/mol. The maximum atomic E-state index is 12.4. The number of carboxylic acid groups (broad SMARTS) is 1. The lowest BCUT2D eigenvalue weighted by Crippen LogP contribution is -2.18. The molecule has 146 valence electrons. The lowest BCUT2D eigenvalue weighted by molar-refractivity contribution is 0.0695. The third-order valence-corrected chi connectivity index (χ3v) is 5.78. The normalized spacial score (nSPS) is 12.2. The Balaban J connectivity index is 1.50. The van der Waals surface area contributed by atoms with E-state index in [0.717, 1.165) is 11.1 Å². The van der Waals surface area contributed by atoms with Gasteiger partial charge in [-0.25, -0.2) is 9.59 Å². The molecule has 29 heavy (non-hydrogen) atoms. The van der Waals surface area contributed by atoms with Gasteiger partial charge in [-0.1, -0.05) is 48.5 Å². The first-order valence-electron chi connectivity index (χ1n) is 9.11. The van der Waals surface area contributed by atoms with Crippen molar-refractivity contribution in [2.45, 2.75) is 12.8 Å². The Labute approximate surface area is 176 Å². The number of hydrogen-bond acceptors (Lipinski definition) is 3. The maximum Gasteiger partial charge on any atom is 0.411 e. The highest BCUT2D eigenvalue weighted by molar-refractivity contribution is 9.10. The molecule has 0 spiro atoms. The maximum absolute atomic E-state index is 12.4. The zero-order valence-corrected chi connectivity index (χ0v) is 17.2. The average Bonchev–Trinajstić information content (AvgIpc) is 3.02. The standard InChI is InChI=1S/C23H18BrNO4/c1-13-10-18(22(26)27)20(24)11-21(13)25-23(28)29-12-19-16-8-4-2-6-14(16)15-7-3-5-9-17(15)19/h2-11,19H,12H2,1H3,(H,25,28)(H,26,27). The van der Waals surface area contributed by atoms with E-state index < -0.39 is 12.1 Å². The molecule has 0 bridgehead atoms. The molecule has 0 aliphatic heterocycles. The summed E-state index contributed by atoms with van der Waals surface area (Å²) in [6.45, 7) is 1.95. The van der Waals surface area contributed by atoms with Gasteiger partial charge in [-0.15, -0.1) is 0 Å². The largest absolute Gasteiger partial charge is 0.478 e. The van der Waals surface area contributed by atoms with Gasteiger partial charge >= 0.3 is 12.1 Å². The summed E-state index contributed by atoms with van der Waals surface area (Å²) in [7, 11) is 0. The fourth-order valence-corrected chi connectivity index (χ4v) is 4.24. The van der Waals surface area contributed by atoms with Gasteiger partial charge in [0.05, 0.1) is 5.56 Å². The molecule has 1 aliphatic rings. The number of aromatic carboxylic acids is 1. The quantitative estimate of drug-likeness (QED) is 0.524. The number of aryl methyl sites for hydroxylation is 1. The zero-order valence-electron chi connectivity index (χ0n) is 15.6. The van der Waals surface area contributed by atoms with Crippen LogP contribution < -0.4 is 5.32 Å². The van der Waals surface area contributed by atoms with Crippen molar-refractivity contribution in [2.75, 3.05) is 11.9 Å². The summed E-state index contributed by atoms with van der Waals surface area (Å²) in [6, 6.07) is 19.4. The fourth-order valence-electron chi connectivity index (χ4n) is 3.72. The molecule has 1 aliphatic carbocycles. The minimum absolute atomic E-state index is 0.0182. The van der Waals surface area contributed by atoms with E-state index in [0.29, 0.717) is 15.7 Å². The summed E-state index contributed by atoms with van der Waals surface area (Å²) in [5.74, 6) is -1.05. The molecule has 4 rings (SSSR count). The first kappa shape index (κ1) is 19.2. The zero-order chi connectivity index (χ0) is 20.5. The molecule has 3 aromatic rings. The topological polar surface area (TPSA) is 75.6 Å². The van der Waals surface area contributed by atoms with Gasteiger partial charge in [0.25, 0.3) is 0 Å². The molecule has 0 fully saturated rings. The first-order chi connectivity index (χ1) is 14.0. The van der Waals surface area contributed by atoms with Gasteiger partial charge < -0.3 is 9.84 Å². The fraction of sp³-hybridized carbons (Fsp3) is 0.130. The molecule has 6 heteroatoms. The number of hydrogen-bond donors (Lipinski definition) is 2. The van der Waals surface area contributed by atoms with Crippen LogP contribution in [0.3, 0.4) is 0 Å². The van der Waals surface area contributed by atoms with Crippen LogP contribution in [0, 0.1) is 6.92 Å². The summed E-state index contributed by atoms with van der Waals surface area (Å²) < 4.78 is 5.93. The van der Waals surface area contributed by atoms with E-state index >= 15 is 0 Å². The lowest BCUT2D eigenvalue weighted by Gasteiger charge is -2.15. The number of carboxylic acids is 1. The second-order valence-electron chi connectivity index (χ2n) is 6.90. The number of amides is 1. The Kier molecular flexibility index (Phi) is 5.11. The smallest absolute Gasteiger partial charge is 0.411 e. The molecule has 0 radical (unpaired) electrons. The van der Waals surface area contributed by atoms with Crippen LogP contribution in [0.2, 0.25) is 0 Å². The summed E-state index contributed by atoms with van der Waals surface area (Å²) in [4.78, 5) is 23.6. The number of halogens is 1. The van der Waals surface area contributed by atoms with Crippen LogP contribution in [0.4, 0.5) is 10.5 Å². The van der Waals surface area contributed by atoms with Gasteiger partial charge in [-0.3, -0.25) is 5.32 Å². The highest BCUT2D eigenvalue weighted by Gasteiger charge is 2.29. The van der Waals surface area contributed by atoms with Gasteiger partial charge in [-0.05, 0) is 62.8 Å². The molecule has 5 nitrogen and oxygen atoms in total. The van der Waals surface area contributed by atoms with E-state index in [2.05, 4.69) is 45.5 Å². The van der Waals surface area contributed by atoms with Crippen LogP contribution >= 0.6 is 15.9 Å². The highest BCUT2D eigenvalue weighted by Crippen LogP contribution is 2.44. The van der Waals surface area contributed by atoms with Crippen molar-refractivity contribution in [3.8, 4) is 11.1 Å². The second-order valence-corrected chi connectivity index (χ2v) is 7.76. The highest BCUT2D eigenvalue weighted by atomic mass is 79.9. The molecule has 0 saturated carbocycles. The van der Waals surface area contributed by atoms with Crippen molar-refractivity contribution in [1.29, 1.82) is 0 Å². The van der Waals surface area contributed by atoms with Gasteiger partial charge in [0.1, 0.15) is 6.61 Å². The predicted octanol–water partition coefficient (Wildman–Crippen LogP) is 5.82. The van der Waals surface area contributed by atoms with Gasteiger partial charge in [0.2, 0.25) is 0 Å². The molecule has 0 atom stereocenters. The Morgan fingerprint density at radius 2 is 1.62 bits per heavy atom. The Hall–Kier alpha value is -3.12. The molecule has 0 saturated heterocycles. The predicted molar refractivity (Wildman–Crippen MR) is 115 cm³/mol. The molecular formula is C23H18BrNO4. The van der Waals surface area contributed by atoms with Crippen molar-refractivity contribution < 1.29 is 19.4 Å². The van der Waals surface area contributed by atoms with Crippen LogP contribution in [0.1, 0.15) is 33.0 Å². The molecule has 0 heterocycles. The first-order valence-corrected chi connectivity index (χ1v) is 9.90. The second kappa shape index (κ2) is 7.72. The number of benzene rings is 3. The van der Waals surface area contributed by atoms with Crippen LogP contribution in [-0.4, -0.2) is 23.8 Å². The number of carbonyl (C=O) groups is 2. The van der Waals surface area contributed by atoms with E-state index in [9.17, 15) is 14.7 Å². The van der Waals surface area contributed by atoms with Crippen LogP contribution in [0.15, 0.2) is 65.1 Å². The number of fused-ring (bicyclic) bond motifs is 3.